The first-order valence-corrected chi connectivity index (χ1v) is 17.5. The minimum atomic E-state index is -3.70. The van der Waals surface area contributed by atoms with Gasteiger partial charge in [-0.15, -0.1) is 0 Å². The number of benzene rings is 4. The van der Waals surface area contributed by atoms with Crippen LogP contribution in [-0.4, -0.2) is 50.4 Å². The van der Waals surface area contributed by atoms with E-state index >= 15 is 0 Å². The molecule has 0 spiro atoms. The molecule has 1 unspecified atom stereocenters. The van der Waals surface area contributed by atoms with Gasteiger partial charge in [0.25, 0.3) is 0 Å². The van der Waals surface area contributed by atoms with Gasteiger partial charge >= 0.3 is 0 Å². The Kier molecular flexibility index (Phi) is 10.9. The third-order valence-corrected chi connectivity index (χ3v) is 11.0. The number of rotatable bonds is 14. The van der Waals surface area contributed by atoms with Gasteiger partial charge in [0.15, 0.2) is 0 Å². The smallest absolute Gasteiger partial charge is 0.243 e. The largest absolute Gasteiger partial charge is 0.497 e. The normalized spacial score (nSPS) is 16.5. The summed E-state index contributed by atoms with van der Waals surface area (Å²) in [5.41, 5.74) is 2.98. The molecule has 1 saturated heterocycles. The summed E-state index contributed by atoms with van der Waals surface area (Å²) in [6.07, 6.45) is 7.85. The van der Waals surface area contributed by atoms with Crippen LogP contribution in [0.3, 0.4) is 0 Å². The number of unbranched alkanes of at least 4 members (excludes halogenated alkanes) is 5. The van der Waals surface area contributed by atoms with E-state index in [1.165, 1.54) is 42.4 Å². The molecule has 0 saturated carbocycles. The zero-order valence-electron chi connectivity index (χ0n) is 26.1. The SMILES string of the molecule is CCCCCCCCC1CN(C(c2ccccc2)(c2ccccc2)c2ccccc2)CCN1S(=O)(=O)c1ccc(OC)cc1. The zero-order valence-corrected chi connectivity index (χ0v) is 27.0. The summed E-state index contributed by atoms with van der Waals surface area (Å²) >= 11 is 0. The molecule has 1 atom stereocenters. The number of hydrogen-bond acceptors (Lipinski definition) is 4. The Labute approximate surface area is 264 Å². The first-order chi connectivity index (χ1) is 21.5. The van der Waals surface area contributed by atoms with Gasteiger partial charge in [0.1, 0.15) is 5.75 Å². The Hall–Kier alpha value is -3.45. The molecule has 6 heteroatoms. The topological polar surface area (TPSA) is 49.9 Å². The Morgan fingerprint density at radius 2 is 1.18 bits per heavy atom. The quantitative estimate of drug-likeness (QED) is 0.107. The standard InChI is InChI=1S/C38H46N2O3S/c1-3-4-5-6-7-17-24-35-31-39(29-30-40(35)44(41,42)37-27-25-36(43-2)26-28-37)38(32-18-11-8-12-19-32,33-20-13-9-14-21-33)34-22-15-10-16-23-34/h8-16,18-23,25-28,35H,3-7,17,24,29-31H2,1-2H3. The summed E-state index contributed by atoms with van der Waals surface area (Å²) in [4.78, 5) is 2.86. The average molecular weight is 611 g/mol. The first kappa shape index (κ1) is 32.0. The van der Waals surface area contributed by atoms with Gasteiger partial charge in [-0.2, -0.15) is 4.31 Å². The lowest BCUT2D eigenvalue weighted by molar-refractivity contribution is 0.0664. The molecule has 1 aliphatic heterocycles. The molecule has 0 aliphatic carbocycles. The van der Waals surface area contributed by atoms with Gasteiger partial charge in [0.05, 0.1) is 17.5 Å². The van der Waals surface area contributed by atoms with E-state index in [0.29, 0.717) is 30.3 Å². The van der Waals surface area contributed by atoms with E-state index in [2.05, 4.69) is 103 Å². The van der Waals surface area contributed by atoms with Gasteiger partial charge in [-0.1, -0.05) is 136 Å². The van der Waals surface area contributed by atoms with E-state index in [9.17, 15) is 8.42 Å². The lowest BCUT2D eigenvalue weighted by Crippen LogP contribution is -2.61. The van der Waals surface area contributed by atoms with Crippen LogP contribution in [0.1, 0.15) is 68.6 Å². The summed E-state index contributed by atoms with van der Waals surface area (Å²) in [6, 6.07) is 38.7. The Bertz CT molecular complexity index is 1430. The summed E-state index contributed by atoms with van der Waals surface area (Å²) in [5.74, 6) is 0.649. The van der Waals surface area contributed by atoms with E-state index in [4.69, 9.17) is 4.74 Å². The summed E-state index contributed by atoms with van der Waals surface area (Å²) in [5, 5.41) is 0. The van der Waals surface area contributed by atoms with E-state index in [-0.39, 0.29) is 6.04 Å². The van der Waals surface area contributed by atoms with Crippen LogP contribution in [0.25, 0.3) is 0 Å². The summed E-state index contributed by atoms with van der Waals surface area (Å²) in [6.45, 7) is 3.88. The number of piperazine rings is 1. The zero-order chi connectivity index (χ0) is 30.8. The van der Waals surface area contributed by atoms with Crippen molar-refractivity contribution in [3.63, 3.8) is 0 Å². The van der Waals surface area contributed by atoms with Crippen molar-refractivity contribution < 1.29 is 13.2 Å². The second-order valence-electron chi connectivity index (χ2n) is 11.8. The lowest BCUT2D eigenvalue weighted by atomic mass is 9.75. The predicted octanol–water partition coefficient (Wildman–Crippen LogP) is 8.11. The van der Waals surface area contributed by atoms with Crippen LogP contribution in [0.4, 0.5) is 0 Å². The maximum Gasteiger partial charge on any atom is 0.243 e. The minimum Gasteiger partial charge on any atom is -0.497 e. The van der Waals surface area contributed by atoms with Gasteiger partial charge in [-0.05, 0) is 47.4 Å². The highest BCUT2D eigenvalue weighted by molar-refractivity contribution is 7.89. The highest BCUT2D eigenvalue weighted by Gasteiger charge is 2.47. The fraction of sp³-hybridized carbons (Fsp3) is 0.368. The van der Waals surface area contributed by atoms with Crippen LogP contribution >= 0.6 is 0 Å². The summed E-state index contributed by atoms with van der Waals surface area (Å²) < 4.78 is 35.5. The highest BCUT2D eigenvalue weighted by Crippen LogP contribution is 2.44. The maximum atomic E-state index is 14.2. The molecule has 5 rings (SSSR count). The van der Waals surface area contributed by atoms with Gasteiger partial charge in [0, 0.05) is 25.7 Å². The second-order valence-corrected chi connectivity index (χ2v) is 13.6. The molecule has 44 heavy (non-hydrogen) atoms. The molecule has 0 radical (unpaired) electrons. The molecular weight excluding hydrogens is 564 g/mol. The molecule has 4 aromatic rings. The minimum absolute atomic E-state index is 0.155. The van der Waals surface area contributed by atoms with Crippen molar-refractivity contribution in [2.45, 2.75) is 68.3 Å². The first-order valence-electron chi connectivity index (χ1n) is 16.1. The van der Waals surface area contributed by atoms with Crippen LogP contribution in [0.15, 0.2) is 120 Å². The lowest BCUT2D eigenvalue weighted by Gasteiger charge is -2.51. The number of methoxy groups -OCH3 is 1. The van der Waals surface area contributed by atoms with E-state index in [1.807, 2.05) is 0 Å². The molecule has 0 bridgehead atoms. The van der Waals surface area contributed by atoms with Crippen molar-refractivity contribution in [1.29, 1.82) is 0 Å². The van der Waals surface area contributed by atoms with Crippen molar-refractivity contribution in [2.75, 3.05) is 26.7 Å². The van der Waals surface area contributed by atoms with E-state index < -0.39 is 15.6 Å². The Morgan fingerprint density at radius 3 is 1.68 bits per heavy atom. The van der Waals surface area contributed by atoms with Gasteiger partial charge < -0.3 is 4.74 Å². The number of nitrogens with zero attached hydrogens (tertiary/aromatic N) is 2. The van der Waals surface area contributed by atoms with Crippen LogP contribution in [0.5, 0.6) is 5.75 Å². The van der Waals surface area contributed by atoms with Crippen LogP contribution < -0.4 is 4.74 Å². The third-order valence-electron chi connectivity index (χ3n) is 9.03. The Balaban J connectivity index is 1.56. The molecule has 1 heterocycles. The van der Waals surface area contributed by atoms with Gasteiger partial charge in [-0.25, -0.2) is 8.42 Å². The Morgan fingerprint density at radius 1 is 0.682 bits per heavy atom. The molecule has 5 nitrogen and oxygen atoms in total. The molecule has 1 aliphatic rings. The molecule has 4 aromatic carbocycles. The molecule has 1 fully saturated rings. The van der Waals surface area contributed by atoms with Crippen molar-refractivity contribution in [3.8, 4) is 5.75 Å². The van der Waals surface area contributed by atoms with Crippen LogP contribution in [0, 0.1) is 0 Å². The molecule has 0 aromatic heterocycles. The predicted molar refractivity (Wildman–Crippen MR) is 179 cm³/mol. The molecule has 0 N–H and O–H groups in total. The van der Waals surface area contributed by atoms with E-state index in [1.54, 1.807) is 35.7 Å². The number of hydrogen-bond donors (Lipinski definition) is 0. The number of sulfonamides is 1. The van der Waals surface area contributed by atoms with Crippen molar-refractivity contribution in [1.82, 2.24) is 9.21 Å². The molecule has 0 amide bonds. The highest BCUT2D eigenvalue weighted by atomic mass is 32.2. The summed E-state index contributed by atoms with van der Waals surface area (Å²) in [7, 11) is -2.10. The fourth-order valence-electron chi connectivity index (χ4n) is 6.82. The second kappa shape index (κ2) is 15.0. The average Bonchev–Trinajstić information content (AvgIpc) is 3.08. The molecule has 232 valence electrons. The third kappa shape index (κ3) is 6.78. The van der Waals surface area contributed by atoms with Gasteiger partial charge in [-0.3, -0.25) is 4.90 Å². The molecular formula is C38H46N2O3S. The maximum absolute atomic E-state index is 14.2. The van der Waals surface area contributed by atoms with Crippen LogP contribution in [-0.2, 0) is 15.6 Å². The monoisotopic (exact) mass is 610 g/mol. The van der Waals surface area contributed by atoms with Crippen LogP contribution in [0.2, 0.25) is 0 Å². The number of ether oxygens (including phenoxy) is 1. The van der Waals surface area contributed by atoms with Gasteiger partial charge in [0.2, 0.25) is 10.0 Å². The fourth-order valence-corrected chi connectivity index (χ4v) is 8.46. The van der Waals surface area contributed by atoms with E-state index in [0.717, 1.165) is 19.3 Å². The van der Waals surface area contributed by atoms with Crippen molar-refractivity contribution in [3.05, 3.63) is 132 Å². The van der Waals surface area contributed by atoms with Crippen molar-refractivity contribution >= 4 is 10.0 Å². The van der Waals surface area contributed by atoms with Crippen molar-refractivity contribution in [2.24, 2.45) is 0 Å².